The van der Waals surface area contributed by atoms with E-state index in [0.717, 1.165) is 31.2 Å². The molecule has 2 amide bonds. The van der Waals surface area contributed by atoms with Gasteiger partial charge in [-0.1, -0.05) is 31.4 Å². The van der Waals surface area contributed by atoms with Crippen molar-refractivity contribution in [1.82, 2.24) is 19.6 Å². The van der Waals surface area contributed by atoms with Gasteiger partial charge in [0, 0.05) is 37.1 Å². The first-order chi connectivity index (χ1) is 14.6. The molecule has 2 N–H and O–H groups in total. The average molecular weight is 406 g/mol. The average Bonchev–Trinajstić information content (AvgIpc) is 3.39. The molecule has 0 bridgehead atoms. The summed E-state index contributed by atoms with van der Waals surface area (Å²) < 4.78 is 3.35. The molecule has 1 fully saturated rings. The van der Waals surface area contributed by atoms with E-state index >= 15 is 0 Å². The molecule has 2 aromatic heterocycles. The van der Waals surface area contributed by atoms with Crippen LogP contribution >= 0.6 is 0 Å². The molecule has 156 valence electrons. The van der Waals surface area contributed by atoms with Crippen molar-refractivity contribution in [3.05, 3.63) is 60.0 Å². The van der Waals surface area contributed by atoms with Gasteiger partial charge in [-0.05, 0) is 36.6 Å². The van der Waals surface area contributed by atoms with Crippen LogP contribution in [0.2, 0.25) is 0 Å². The van der Waals surface area contributed by atoms with Crippen LogP contribution in [0.5, 0.6) is 0 Å². The largest absolute Gasteiger partial charge is 0.321 e. The van der Waals surface area contributed by atoms with Crippen molar-refractivity contribution in [1.29, 1.82) is 0 Å². The molecule has 30 heavy (non-hydrogen) atoms. The summed E-state index contributed by atoms with van der Waals surface area (Å²) in [5.74, 6) is 0.266. The van der Waals surface area contributed by atoms with Crippen LogP contribution in [0.25, 0.3) is 0 Å². The van der Waals surface area contributed by atoms with Gasteiger partial charge in [0.15, 0.2) is 5.69 Å². The van der Waals surface area contributed by atoms with E-state index in [9.17, 15) is 9.59 Å². The second-order valence-corrected chi connectivity index (χ2v) is 7.72. The second kappa shape index (κ2) is 8.94. The number of aryl methyl sites for hydroxylation is 1. The second-order valence-electron chi connectivity index (χ2n) is 7.72. The highest BCUT2D eigenvalue weighted by molar-refractivity contribution is 6.04. The van der Waals surface area contributed by atoms with Gasteiger partial charge in [0.1, 0.15) is 5.82 Å². The highest BCUT2D eigenvalue weighted by Crippen LogP contribution is 2.25. The Labute approximate surface area is 175 Å². The van der Waals surface area contributed by atoms with Crippen molar-refractivity contribution < 1.29 is 9.59 Å². The quantitative estimate of drug-likeness (QED) is 0.656. The molecule has 0 spiro atoms. The van der Waals surface area contributed by atoms with Crippen molar-refractivity contribution in [2.24, 2.45) is 13.0 Å². The van der Waals surface area contributed by atoms with Crippen molar-refractivity contribution in [2.75, 3.05) is 10.6 Å². The Bertz CT molecular complexity index is 1020. The van der Waals surface area contributed by atoms with E-state index in [2.05, 4.69) is 20.8 Å². The van der Waals surface area contributed by atoms with Crippen LogP contribution in [-0.2, 0) is 18.4 Å². The SMILES string of the molecule is Cn1nc(C(=O)Nc2cccc(Cn3cccn3)c2)cc1NC(=O)C1CCCCC1. The topological polar surface area (TPSA) is 93.8 Å². The summed E-state index contributed by atoms with van der Waals surface area (Å²) in [5.41, 5.74) is 1.97. The van der Waals surface area contributed by atoms with Gasteiger partial charge in [-0.25, -0.2) is 0 Å². The minimum absolute atomic E-state index is 0.0102. The Morgan fingerprint density at radius 3 is 2.70 bits per heavy atom. The molecule has 0 unspecified atom stereocenters. The van der Waals surface area contributed by atoms with E-state index in [-0.39, 0.29) is 23.4 Å². The van der Waals surface area contributed by atoms with Crippen LogP contribution in [0.1, 0.15) is 48.2 Å². The number of nitrogens with zero attached hydrogens (tertiary/aromatic N) is 4. The molecule has 1 aliphatic carbocycles. The molecule has 1 aromatic carbocycles. The Morgan fingerprint density at radius 1 is 1.10 bits per heavy atom. The summed E-state index contributed by atoms with van der Waals surface area (Å²) in [5, 5.41) is 14.3. The molecule has 1 saturated carbocycles. The molecule has 4 rings (SSSR count). The Kier molecular flexibility index (Phi) is 5.92. The zero-order valence-corrected chi connectivity index (χ0v) is 17.0. The highest BCUT2D eigenvalue weighted by Gasteiger charge is 2.23. The Hall–Kier alpha value is -3.42. The van der Waals surface area contributed by atoms with E-state index in [4.69, 9.17) is 0 Å². The van der Waals surface area contributed by atoms with Crippen molar-refractivity contribution in [3.8, 4) is 0 Å². The maximum atomic E-state index is 12.7. The standard InChI is InChI=1S/C22H26N6O2/c1-27-20(25-21(29)17-8-3-2-4-9-17)14-19(26-27)22(30)24-18-10-5-7-16(13-18)15-28-12-6-11-23-28/h5-7,10-14,17H,2-4,8-9,15H2,1H3,(H,24,30)(H,25,29). The predicted octanol–water partition coefficient (Wildman–Crippen LogP) is 3.44. The molecule has 0 radical (unpaired) electrons. The van der Waals surface area contributed by atoms with E-state index in [1.54, 1.807) is 19.3 Å². The van der Waals surface area contributed by atoms with Crippen molar-refractivity contribution >= 4 is 23.3 Å². The van der Waals surface area contributed by atoms with Gasteiger partial charge in [0.25, 0.3) is 5.91 Å². The fraction of sp³-hybridized carbons (Fsp3) is 0.364. The van der Waals surface area contributed by atoms with Crippen molar-refractivity contribution in [3.63, 3.8) is 0 Å². The summed E-state index contributed by atoms with van der Waals surface area (Å²) in [7, 11) is 1.72. The molecule has 8 nitrogen and oxygen atoms in total. The van der Waals surface area contributed by atoms with E-state index in [1.807, 2.05) is 41.2 Å². The zero-order chi connectivity index (χ0) is 20.9. The third-order valence-corrected chi connectivity index (χ3v) is 5.43. The number of carbonyl (C=O) groups excluding carboxylic acids is 2. The molecular formula is C22H26N6O2. The molecule has 0 atom stereocenters. The number of amides is 2. The monoisotopic (exact) mass is 406 g/mol. The first-order valence-electron chi connectivity index (χ1n) is 10.3. The number of benzene rings is 1. The van der Waals surface area contributed by atoms with E-state index in [0.29, 0.717) is 18.1 Å². The van der Waals surface area contributed by atoms with Crippen LogP contribution < -0.4 is 10.6 Å². The lowest BCUT2D eigenvalue weighted by atomic mass is 9.89. The molecule has 3 aromatic rings. The molecule has 1 aliphatic rings. The molecule has 0 saturated heterocycles. The number of hydrogen-bond acceptors (Lipinski definition) is 4. The molecular weight excluding hydrogens is 380 g/mol. The number of hydrogen-bond donors (Lipinski definition) is 2. The van der Waals surface area contributed by atoms with Gasteiger partial charge >= 0.3 is 0 Å². The normalized spacial score (nSPS) is 14.4. The van der Waals surface area contributed by atoms with Crippen molar-refractivity contribution in [2.45, 2.75) is 38.6 Å². The maximum absolute atomic E-state index is 12.7. The third-order valence-electron chi connectivity index (χ3n) is 5.43. The lowest BCUT2D eigenvalue weighted by Crippen LogP contribution is -2.25. The molecule has 0 aliphatic heterocycles. The van der Waals surface area contributed by atoms with Crippen LogP contribution in [-0.4, -0.2) is 31.4 Å². The summed E-state index contributed by atoms with van der Waals surface area (Å²) >= 11 is 0. The fourth-order valence-electron chi connectivity index (χ4n) is 3.81. The summed E-state index contributed by atoms with van der Waals surface area (Å²) in [6, 6.07) is 11.1. The Balaban J connectivity index is 1.40. The van der Waals surface area contributed by atoms with Gasteiger partial charge in [0.05, 0.1) is 6.54 Å². The minimum atomic E-state index is -0.319. The van der Waals surface area contributed by atoms with Gasteiger partial charge in [-0.2, -0.15) is 10.2 Å². The fourth-order valence-corrected chi connectivity index (χ4v) is 3.81. The lowest BCUT2D eigenvalue weighted by Gasteiger charge is -2.20. The van der Waals surface area contributed by atoms with Gasteiger partial charge in [-0.3, -0.25) is 19.0 Å². The van der Waals surface area contributed by atoms with Crippen LogP contribution in [0.4, 0.5) is 11.5 Å². The number of anilines is 2. The number of rotatable bonds is 6. The maximum Gasteiger partial charge on any atom is 0.276 e. The first-order valence-corrected chi connectivity index (χ1v) is 10.3. The van der Waals surface area contributed by atoms with Gasteiger partial charge < -0.3 is 10.6 Å². The summed E-state index contributed by atoms with van der Waals surface area (Å²) in [6.07, 6.45) is 8.85. The Morgan fingerprint density at radius 2 is 1.93 bits per heavy atom. The van der Waals surface area contributed by atoms with Gasteiger partial charge in [0.2, 0.25) is 5.91 Å². The molecule has 2 heterocycles. The predicted molar refractivity (Wildman–Crippen MR) is 114 cm³/mol. The van der Waals surface area contributed by atoms with E-state index in [1.165, 1.54) is 11.1 Å². The first kappa shape index (κ1) is 19.9. The van der Waals surface area contributed by atoms with E-state index < -0.39 is 0 Å². The number of carbonyl (C=O) groups is 2. The number of nitrogens with one attached hydrogen (secondary N) is 2. The lowest BCUT2D eigenvalue weighted by molar-refractivity contribution is -0.120. The van der Waals surface area contributed by atoms with Crippen LogP contribution in [0, 0.1) is 5.92 Å². The van der Waals surface area contributed by atoms with Crippen LogP contribution in [0.3, 0.4) is 0 Å². The summed E-state index contributed by atoms with van der Waals surface area (Å²) in [4.78, 5) is 25.2. The third kappa shape index (κ3) is 4.76. The number of aromatic nitrogens is 4. The minimum Gasteiger partial charge on any atom is -0.321 e. The molecule has 8 heteroatoms. The highest BCUT2D eigenvalue weighted by atomic mass is 16.2. The van der Waals surface area contributed by atoms with Crippen LogP contribution in [0.15, 0.2) is 48.8 Å². The van der Waals surface area contributed by atoms with Gasteiger partial charge in [-0.15, -0.1) is 0 Å². The summed E-state index contributed by atoms with van der Waals surface area (Å²) in [6.45, 7) is 0.623. The zero-order valence-electron chi connectivity index (χ0n) is 17.0. The smallest absolute Gasteiger partial charge is 0.276 e.